The van der Waals surface area contributed by atoms with Crippen molar-refractivity contribution < 1.29 is 0 Å². The SMILES string of the molecule is CSc1ccc(/C=N\n2cnc3sc(C)c(C)c3c2=O)cc1. The summed E-state index contributed by atoms with van der Waals surface area (Å²) in [7, 11) is 0. The molecule has 0 spiro atoms. The van der Waals surface area contributed by atoms with E-state index < -0.39 is 0 Å². The molecular weight excluding hydrogens is 314 g/mol. The monoisotopic (exact) mass is 329 g/mol. The third-order valence-corrected chi connectivity index (χ3v) is 5.38. The third kappa shape index (κ3) is 2.71. The highest BCUT2D eigenvalue weighted by Crippen LogP contribution is 2.25. The van der Waals surface area contributed by atoms with Crippen molar-refractivity contribution in [1.29, 1.82) is 0 Å². The van der Waals surface area contributed by atoms with E-state index in [1.807, 2.05) is 44.4 Å². The number of aryl methyl sites for hydroxylation is 2. The van der Waals surface area contributed by atoms with Crippen molar-refractivity contribution in [3.63, 3.8) is 0 Å². The smallest absolute Gasteiger partial charge is 0.267 e. The molecule has 0 atom stereocenters. The molecule has 0 unspecified atom stereocenters. The zero-order valence-corrected chi connectivity index (χ0v) is 14.2. The van der Waals surface area contributed by atoms with Gasteiger partial charge >= 0.3 is 0 Å². The lowest BCUT2D eigenvalue weighted by molar-refractivity contribution is 0.818. The number of hydrogen-bond donors (Lipinski definition) is 0. The molecule has 0 fully saturated rings. The van der Waals surface area contributed by atoms with E-state index in [4.69, 9.17) is 0 Å². The molecule has 1 aromatic carbocycles. The van der Waals surface area contributed by atoms with Gasteiger partial charge in [-0.3, -0.25) is 4.79 Å². The van der Waals surface area contributed by atoms with Gasteiger partial charge in [0.25, 0.3) is 5.56 Å². The minimum atomic E-state index is -0.121. The minimum Gasteiger partial charge on any atom is -0.267 e. The quantitative estimate of drug-likeness (QED) is 0.544. The van der Waals surface area contributed by atoms with Crippen LogP contribution in [0.1, 0.15) is 16.0 Å². The first-order valence-electron chi connectivity index (χ1n) is 6.76. The van der Waals surface area contributed by atoms with Crippen LogP contribution in [0.3, 0.4) is 0 Å². The molecule has 2 aromatic heterocycles. The average Bonchev–Trinajstić information content (AvgIpc) is 2.83. The third-order valence-electron chi connectivity index (χ3n) is 3.52. The molecule has 0 aliphatic heterocycles. The summed E-state index contributed by atoms with van der Waals surface area (Å²) in [4.78, 5) is 19.9. The highest BCUT2D eigenvalue weighted by atomic mass is 32.2. The second-order valence-corrected chi connectivity index (χ2v) is 6.96. The Balaban J connectivity index is 1.99. The van der Waals surface area contributed by atoms with Crippen molar-refractivity contribution >= 4 is 39.5 Å². The lowest BCUT2D eigenvalue weighted by Crippen LogP contribution is -2.16. The molecule has 4 nitrogen and oxygen atoms in total. The van der Waals surface area contributed by atoms with Gasteiger partial charge in [0.05, 0.1) is 11.6 Å². The second kappa shape index (κ2) is 6.06. The van der Waals surface area contributed by atoms with Crippen LogP contribution in [-0.2, 0) is 0 Å². The van der Waals surface area contributed by atoms with Gasteiger partial charge in [-0.05, 0) is 43.4 Å². The highest BCUT2D eigenvalue weighted by molar-refractivity contribution is 7.98. The van der Waals surface area contributed by atoms with E-state index in [0.717, 1.165) is 20.8 Å². The summed E-state index contributed by atoms with van der Waals surface area (Å²) in [5.41, 5.74) is 1.82. The van der Waals surface area contributed by atoms with Crippen molar-refractivity contribution in [2.75, 3.05) is 6.26 Å². The summed E-state index contributed by atoms with van der Waals surface area (Å²) < 4.78 is 1.30. The zero-order chi connectivity index (χ0) is 15.7. The maximum absolute atomic E-state index is 12.5. The number of fused-ring (bicyclic) bond motifs is 1. The van der Waals surface area contributed by atoms with E-state index in [-0.39, 0.29) is 5.56 Å². The lowest BCUT2D eigenvalue weighted by atomic mass is 10.2. The largest absolute Gasteiger partial charge is 0.282 e. The van der Waals surface area contributed by atoms with Crippen LogP contribution in [0.4, 0.5) is 0 Å². The van der Waals surface area contributed by atoms with Gasteiger partial charge in [-0.15, -0.1) is 23.1 Å². The summed E-state index contributed by atoms with van der Waals surface area (Å²) in [5, 5.41) is 4.91. The van der Waals surface area contributed by atoms with Gasteiger partial charge in [-0.2, -0.15) is 9.78 Å². The molecule has 0 bridgehead atoms. The van der Waals surface area contributed by atoms with Crippen molar-refractivity contribution in [2.45, 2.75) is 18.7 Å². The number of thiophene rings is 1. The van der Waals surface area contributed by atoms with Crippen molar-refractivity contribution in [2.24, 2.45) is 5.10 Å². The van der Waals surface area contributed by atoms with Crippen LogP contribution in [0, 0.1) is 13.8 Å². The first-order chi connectivity index (χ1) is 10.6. The Labute approximate surface area is 136 Å². The second-order valence-electron chi connectivity index (χ2n) is 4.88. The molecule has 0 saturated heterocycles. The van der Waals surface area contributed by atoms with Crippen LogP contribution >= 0.6 is 23.1 Å². The van der Waals surface area contributed by atoms with Crippen LogP contribution in [0.15, 0.2) is 45.4 Å². The number of nitrogens with zero attached hydrogens (tertiary/aromatic N) is 3. The highest BCUT2D eigenvalue weighted by Gasteiger charge is 2.11. The molecule has 0 aliphatic carbocycles. The van der Waals surface area contributed by atoms with Crippen molar-refractivity contribution in [3.8, 4) is 0 Å². The van der Waals surface area contributed by atoms with Crippen LogP contribution in [-0.4, -0.2) is 22.1 Å². The van der Waals surface area contributed by atoms with Gasteiger partial charge in [0, 0.05) is 9.77 Å². The number of rotatable bonds is 3. The molecule has 0 aliphatic rings. The molecule has 0 radical (unpaired) electrons. The molecule has 0 N–H and O–H groups in total. The van der Waals surface area contributed by atoms with Crippen LogP contribution < -0.4 is 5.56 Å². The van der Waals surface area contributed by atoms with Crippen LogP contribution in [0.5, 0.6) is 0 Å². The predicted molar refractivity (Wildman–Crippen MR) is 94.6 cm³/mol. The Morgan fingerprint density at radius 2 is 2.00 bits per heavy atom. The summed E-state index contributed by atoms with van der Waals surface area (Å²) in [6.07, 6.45) is 5.19. The fourth-order valence-corrected chi connectivity index (χ4v) is 3.52. The van der Waals surface area contributed by atoms with Gasteiger partial charge in [0.15, 0.2) is 0 Å². The van der Waals surface area contributed by atoms with Gasteiger partial charge in [-0.1, -0.05) is 12.1 Å². The fraction of sp³-hybridized carbons (Fsp3) is 0.188. The van der Waals surface area contributed by atoms with Crippen LogP contribution in [0.25, 0.3) is 10.2 Å². The molecule has 3 aromatic rings. The van der Waals surface area contributed by atoms with E-state index >= 15 is 0 Å². The molecule has 2 heterocycles. The van der Waals surface area contributed by atoms with E-state index in [1.165, 1.54) is 15.9 Å². The normalized spacial score (nSPS) is 11.6. The summed E-state index contributed by atoms with van der Waals surface area (Å²) in [5.74, 6) is 0. The van der Waals surface area contributed by atoms with Gasteiger partial charge in [0.2, 0.25) is 0 Å². The number of hydrogen-bond acceptors (Lipinski definition) is 5. The van der Waals surface area contributed by atoms with Crippen molar-refractivity contribution in [3.05, 3.63) is 57.0 Å². The molecule has 112 valence electrons. The summed E-state index contributed by atoms with van der Waals surface area (Å²) >= 11 is 3.23. The number of aromatic nitrogens is 2. The Morgan fingerprint density at radius 1 is 1.27 bits per heavy atom. The Hall–Kier alpha value is -1.92. The molecule has 0 amide bonds. The molecule has 22 heavy (non-hydrogen) atoms. The summed E-state index contributed by atoms with van der Waals surface area (Å²) in [6.45, 7) is 3.95. The maximum Gasteiger partial charge on any atom is 0.282 e. The van der Waals surface area contributed by atoms with Gasteiger partial charge in [-0.25, -0.2) is 4.98 Å². The number of benzene rings is 1. The van der Waals surface area contributed by atoms with Crippen LogP contribution in [0.2, 0.25) is 0 Å². The van der Waals surface area contributed by atoms with Gasteiger partial charge in [0.1, 0.15) is 11.2 Å². The lowest BCUT2D eigenvalue weighted by Gasteiger charge is -1.99. The minimum absolute atomic E-state index is 0.121. The standard InChI is InChI=1S/C16H15N3OS2/c1-10-11(2)22-15-14(10)16(20)19(9-17-15)18-8-12-4-6-13(21-3)7-5-12/h4-9H,1-3H3/b18-8-. The average molecular weight is 329 g/mol. The van der Waals surface area contributed by atoms with E-state index in [1.54, 1.807) is 29.3 Å². The Morgan fingerprint density at radius 3 is 2.68 bits per heavy atom. The fourth-order valence-electron chi connectivity index (χ4n) is 2.13. The predicted octanol–water partition coefficient (Wildman–Crippen LogP) is 3.68. The maximum atomic E-state index is 12.5. The van der Waals surface area contributed by atoms with E-state index in [9.17, 15) is 4.79 Å². The molecule has 3 rings (SSSR count). The zero-order valence-electron chi connectivity index (χ0n) is 12.5. The first kappa shape index (κ1) is 15.0. The summed E-state index contributed by atoms with van der Waals surface area (Å²) in [6, 6.07) is 8.02. The van der Waals surface area contributed by atoms with E-state index in [2.05, 4.69) is 10.1 Å². The molecule has 0 saturated carbocycles. The Kier molecular flexibility index (Phi) is 4.13. The Bertz CT molecular complexity index is 908. The molecular formula is C16H15N3OS2. The van der Waals surface area contributed by atoms with Crippen molar-refractivity contribution in [1.82, 2.24) is 9.66 Å². The number of thioether (sulfide) groups is 1. The topological polar surface area (TPSA) is 47.2 Å². The van der Waals surface area contributed by atoms with E-state index in [0.29, 0.717) is 5.39 Å². The first-order valence-corrected chi connectivity index (χ1v) is 8.80. The van der Waals surface area contributed by atoms with Gasteiger partial charge < -0.3 is 0 Å². The molecule has 6 heteroatoms.